The van der Waals surface area contributed by atoms with Crippen molar-refractivity contribution < 1.29 is 9.53 Å². The first-order valence-electron chi connectivity index (χ1n) is 5.69. The first-order chi connectivity index (χ1) is 8.11. The van der Waals surface area contributed by atoms with E-state index >= 15 is 0 Å². The Bertz CT molecular complexity index is 390. The zero-order valence-corrected chi connectivity index (χ0v) is 11.3. The van der Waals surface area contributed by atoms with Crippen molar-refractivity contribution in [3.05, 3.63) is 11.4 Å². The number of ether oxygens (including phenoxy) is 1. The van der Waals surface area contributed by atoms with E-state index in [9.17, 15) is 4.79 Å². The number of carbonyl (C=O) groups is 1. The van der Waals surface area contributed by atoms with Crippen LogP contribution < -0.4 is 5.73 Å². The van der Waals surface area contributed by atoms with Gasteiger partial charge in [0.25, 0.3) is 0 Å². The van der Waals surface area contributed by atoms with E-state index in [1.807, 2.05) is 6.92 Å². The number of esters is 1. The van der Waals surface area contributed by atoms with Crippen LogP contribution in [0.15, 0.2) is 0 Å². The summed E-state index contributed by atoms with van der Waals surface area (Å²) < 4.78 is 6.75. The lowest BCUT2D eigenvalue weighted by Crippen LogP contribution is -2.15. The molecule has 5 nitrogen and oxygen atoms in total. The van der Waals surface area contributed by atoms with E-state index in [4.69, 9.17) is 10.5 Å². The molecular formula is C11H19N3O2S. The first kappa shape index (κ1) is 13.9. The Balaban J connectivity index is 2.68. The highest BCUT2D eigenvalue weighted by atomic mass is 32.2. The third-order valence-corrected chi connectivity index (χ3v) is 3.20. The summed E-state index contributed by atoms with van der Waals surface area (Å²) in [7, 11) is 0. The summed E-state index contributed by atoms with van der Waals surface area (Å²) in [4.78, 5) is 11.8. The maximum absolute atomic E-state index is 11.8. The maximum atomic E-state index is 11.8. The molecule has 0 aliphatic carbocycles. The minimum atomic E-state index is -0.387. The molecule has 1 aromatic rings. The second kappa shape index (κ2) is 6.54. The quantitative estimate of drug-likeness (QED) is 0.620. The van der Waals surface area contributed by atoms with Crippen LogP contribution in [0, 0.1) is 6.92 Å². The largest absolute Gasteiger partial charge is 0.460 e. The summed E-state index contributed by atoms with van der Waals surface area (Å²) in [5.41, 5.74) is 7.27. The van der Waals surface area contributed by atoms with Crippen LogP contribution >= 0.6 is 11.8 Å². The molecule has 0 unspecified atom stereocenters. The normalized spacial score (nSPS) is 10.5. The average Bonchev–Trinajstić information content (AvgIpc) is 2.61. The van der Waals surface area contributed by atoms with Gasteiger partial charge in [-0.2, -0.15) is 16.9 Å². The third kappa shape index (κ3) is 3.39. The highest BCUT2D eigenvalue weighted by Crippen LogP contribution is 2.17. The van der Waals surface area contributed by atoms with Gasteiger partial charge in [0.05, 0.1) is 11.4 Å². The van der Waals surface area contributed by atoms with Gasteiger partial charge >= 0.3 is 5.97 Å². The number of thioether (sulfide) groups is 1. The van der Waals surface area contributed by atoms with Crippen LogP contribution in [0.2, 0.25) is 0 Å². The minimum Gasteiger partial charge on any atom is -0.460 e. The molecule has 0 spiro atoms. The van der Waals surface area contributed by atoms with E-state index in [2.05, 4.69) is 12.0 Å². The van der Waals surface area contributed by atoms with Gasteiger partial charge in [-0.1, -0.05) is 6.92 Å². The minimum absolute atomic E-state index is 0.367. The Labute approximate surface area is 106 Å². The first-order valence-corrected chi connectivity index (χ1v) is 6.85. The van der Waals surface area contributed by atoms with Gasteiger partial charge in [0.15, 0.2) is 5.69 Å². The predicted molar refractivity (Wildman–Crippen MR) is 70.3 cm³/mol. The number of aromatic nitrogens is 2. The van der Waals surface area contributed by atoms with Crippen LogP contribution in [0.4, 0.5) is 5.69 Å². The summed E-state index contributed by atoms with van der Waals surface area (Å²) in [5.74, 6) is 1.44. The molecule has 0 atom stereocenters. The van der Waals surface area contributed by atoms with E-state index in [0.29, 0.717) is 30.2 Å². The summed E-state index contributed by atoms with van der Waals surface area (Å²) >= 11 is 1.73. The van der Waals surface area contributed by atoms with Gasteiger partial charge in [0.2, 0.25) is 0 Å². The SMILES string of the molecule is CCSCCOC(=O)c1c(N)c(C)nn1CC. The van der Waals surface area contributed by atoms with Crippen molar-refractivity contribution in [2.24, 2.45) is 0 Å². The predicted octanol–water partition coefficient (Wildman–Crippen LogP) is 1.70. The maximum Gasteiger partial charge on any atom is 0.358 e. The van der Waals surface area contributed by atoms with Crippen LogP contribution in [0.3, 0.4) is 0 Å². The molecule has 0 amide bonds. The smallest absolute Gasteiger partial charge is 0.358 e. The Morgan fingerprint density at radius 3 is 2.82 bits per heavy atom. The fourth-order valence-corrected chi connectivity index (χ4v) is 1.94. The molecule has 0 saturated heterocycles. The van der Waals surface area contributed by atoms with Crippen molar-refractivity contribution in [2.75, 3.05) is 23.8 Å². The van der Waals surface area contributed by atoms with Crippen LogP contribution in [0.5, 0.6) is 0 Å². The Morgan fingerprint density at radius 2 is 2.24 bits per heavy atom. The molecule has 0 radical (unpaired) electrons. The van der Waals surface area contributed by atoms with Gasteiger partial charge < -0.3 is 10.5 Å². The lowest BCUT2D eigenvalue weighted by atomic mass is 10.3. The Kier molecular flexibility index (Phi) is 5.34. The van der Waals surface area contributed by atoms with Crippen molar-refractivity contribution >= 4 is 23.4 Å². The summed E-state index contributed by atoms with van der Waals surface area (Å²) in [5, 5.41) is 4.18. The van der Waals surface area contributed by atoms with Gasteiger partial charge in [-0.15, -0.1) is 0 Å². The van der Waals surface area contributed by atoms with Crippen molar-refractivity contribution in [1.82, 2.24) is 9.78 Å². The zero-order valence-electron chi connectivity index (χ0n) is 10.5. The number of hydrogen-bond donors (Lipinski definition) is 1. The fourth-order valence-electron chi connectivity index (χ4n) is 1.45. The number of nitrogens with zero attached hydrogens (tertiary/aromatic N) is 2. The fraction of sp³-hybridized carbons (Fsp3) is 0.636. The number of rotatable bonds is 6. The Hall–Kier alpha value is -1.17. The molecule has 0 saturated carbocycles. The number of aryl methyl sites for hydroxylation is 2. The summed E-state index contributed by atoms with van der Waals surface area (Å²) in [6.07, 6.45) is 0. The topological polar surface area (TPSA) is 70.1 Å². The van der Waals surface area contributed by atoms with Crippen molar-refractivity contribution in [1.29, 1.82) is 0 Å². The molecule has 96 valence electrons. The number of anilines is 1. The molecule has 17 heavy (non-hydrogen) atoms. The van der Waals surface area contributed by atoms with Gasteiger partial charge in [-0.05, 0) is 19.6 Å². The second-order valence-corrected chi connectivity index (χ2v) is 4.89. The standard InChI is InChI=1S/C11H19N3O2S/c1-4-14-10(9(12)8(3)13-14)11(15)16-6-7-17-5-2/h4-7,12H2,1-3H3. The summed E-state index contributed by atoms with van der Waals surface area (Å²) in [6, 6.07) is 0. The highest BCUT2D eigenvalue weighted by Gasteiger charge is 2.20. The van der Waals surface area contributed by atoms with E-state index in [1.54, 1.807) is 23.4 Å². The number of carbonyl (C=O) groups excluding carboxylic acids is 1. The van der Waals surface area contributed by atoms with Crippen LogP contribution in [0.1, 0.15) is 30.0 Å². The van der Waals surface area contributed by atoms with Crippen LogP contribution in [-0.4, -0.2) is 33.9 Å². The highest BCUT2D eigenvalue weighted by molar-refractivity contribution is 7.99. The average molecular weight is 257 g/mol. The molecule has 1 aromatic heterocycles. The molecule has 0 aromatic carbocycles. The number of nitrogen functional groups attached to an aromatic ring is 1. The monoisotopic (exact) mass is 257 g/mol. The molecule has 0 aliphatic rings. The van der Waals surface area contributed by atoms with Crippen molar-refractivity contribution in [2.45, 2.75) is 27.3 Å². The van der Waals surface area contributed by atoms with Gasteiger partial charge in [-0.3, -0.25) is 4.68 Å². The van der Waals surface area contributed by atoms with E-state index in [-0.39, 0.29) is 5.97 Å². The zero-order chi connectivity index (χ0) is 12.8. The number of nitrogens with two attached hydrogens (primary N) is 1. The second-order valence-electron chi connectivity index (χ2n) is 3.50. The van der Waals surface area contributed by atoms with Gasteiger partial charge in [0, 0.05) is 12.3 Å². The Morgan fingerprint density at radius 1 is 1.53 bits per heavy atom. The molecule has 0 fully saturated rings. The summed E-state index contributed by atoms with van der Waals surface area (Å²) in [6.45, 7) is 6.78. The van der Waals surface area contributed by atoms with E-state index in [0.717, 1.165) is 11.5 Å². The van der Waals surface area contributed by atoms with Gasteiger partial charge in [0.1, 0.15) is 6.61 Å². The molecule has 1 heterocycles. The molecule has 6 heteroatoms. The van der Waals surface area contributed by atoms with Crippen LogP contribution in [0.25, 0.3) is 0 Å². The van der Waals surface area contributed by atoms with E-state index in [1.165, 1.54) is 0 Å². The lowest BCUT2D eigenvalue weighted by Gasteiger charge is -2.06. The van der Waals surface area contributed by atoms with E-state index < -0.39 is 0 Å². The molecule has 2 N–H and O–H groups in total. The van der Waals surface area contributed by atoms with Gasteiger partial charge in [-0.25, -0.2) is 4.79 Å². The van der Waals surface area contributed by atoms with Crippen molar-refractivity contribution in [3.8, 4) is 0 Å². The lowest BCUT2D eigenvalue weighted by molar-refractivity contribution is 0.0517. The third-order valence-electron chi connectivity index (χ3n) is 2.33. The molecule has 0 bridgehead atoms. The number of hydrogen-bond acceptors (Lipinski definition) is 5. The van der Waals surface area contributed by atoms with Crippen molar-refractivity contribution in [3.63, 3.8) is 0 Å². The molecule has 1 rings (SSSR count). The molecule has 0 aliphatic heterocycles. The van der Waals surface area contributed by atoms with Crippen LogP contribution in [-0.2, 0) is 11.3 Å². The molecular weight excluding hydrogens is 238 g/mol.